The van der Waals surface area contributed by atoms with Crippen molar-refractivity contribution in [3.8, 4) is 0 Å². The zero-order valence-electron chi connectivity index (χ0n) is 12.1. The Labute approximate surface area is 122 Å². The lowest BCUT2D eigenvalue weighted by molar-refractivity contribution is 0.000374. The molecule has 21 heavy (non-hydrogen) atoms. The van der Waals surface area contributed by atoms with Gasteiger partial charge in [-0.15, -0.1) is 0 Å². The summed E-state index contributed by atoms with van der Waals surface area (Å²) < 4.78 is 24.2. The lowest BCUT2D eigenvalue weighted by Crippen LogP contribution is -2.40. The number of amides is 1. The highest BCUT2D eigenvalue weighted by molar-refractivity contribution is 5.94. The molecule has 1 heterocycles. The highest BCUT2D eigenvalue weighted by Gasteiger charge is 2.30. The molecular weight excluding hydrogens is 275 g/mol. The Hall–Kier alpha value is -2.21. The molecule has 1 amide bonds. The van der Waals surface area contributed by atoms with Crippen LogP contribution in [0.15, 0.2) is 35.0 Å². The maximum Gasteiger partial charge on any atom is 0.256 e. The smallest absolute Gasteiger partial charge is 0.256 e. The SMILES string of the molecule is COC(C)(CNC(=O)c1cnoc1C)c1ccccc1F. The number of ether oxygens (including phenoxy) is 1. The van der Waals surface area contributed by atoms with Crippen LogP contribution in [0.3, 0.4) is 0 Å². The topological polar surface area (TPSA) is 64.4 Å². The van der Waals surface area contributed by atoms with Gasteiger partial charge in [0.25, 0.3) is 5.91 Å². The fourth-order valence-corrected chi connectivity index (χ4v) is 2.03. The minimum absolute atomic E-state index is 0.119. The van der Waals surface area contributed by atoms with Crippen molar-refractivity contribution in [3.05, 3.63) is 53.2 Å². The Morgan fingerprint density at radius 3 is 2.76 bits per heavy atom. The average Bonchev–Trinajstić information content (AvgIpc) is 2.91. The number of methoxy groups -OCH3 is 1. The number of aromatic nitrogens is 1. The zero-order valence-corrected chi connectivity index (χ0v) is 12.1. The normalized spacial score (nSPS) is 13.7. The van der Waals surface area contributed by atoms with Gasteiger partial charge in [-0.1, -0.05) is 23.4 Å². The summed E-state index contributed by atoms with van der Waals surface area (Å²) in [6, 6.07) is 6.32. The van der Waals surface area contributed by atoms with Crippen molar-refractivity contribution in [3.63, 3.8) is 0 Å². The van der Waals surface area contributed by atoms with Crippen molar-refractivity contribution in [2.45, 2.75) is 19.4 Å². The van der Waals surface area contributed by atoms with Crippen molar-refractivity contribution in [2.24, 2.45) is 0 Å². The standard InChI is InChI=1S/C15H17FN2O3/c1-10-11(8-18-21-10)14(19)17-9-15(2,20-3)12-6-4-5-7-13(12)16/h4-8H,9H2,1-3H3,(H,17,19). The first-order valence-corrected chi connectivity index (χ1v) is 6.47. The van der Waals surface area contributed by atoms with Gasteiger partial charge in [0.15, 0.2) is 0 Å². The number of carbonyl (C=O) groups is 1. The van der Waals surface area contributed by atoms with Gasteiger partial charge in [0.2, 0.25) is 0 Å². The molecule has 1 aromatic heterocycles. The molecule has 112 valence electrons. The van der Waals surface area contributed by atoms with Crippen molar-refractivity contribution in [1.29, 1.82) is 0 Å². The number of halogens is 1. The van der Waals surface area contributed by atoms with Crippen LogP contribution >= 0.6 is 0 Å². The van der Waals surface area contributed by atoms with E-state index in [1.54, 1.807) is 32.0 Å². The Morgan fingerprint density at radius 2 is 2.19 bits per heavy atom. The first-order valence-electron chi connectivity index (χ1n) is 6.47. The van der Waals surface area contributed by atoms with Crippen LogP contribution in [0.25, 0.3) is 0 Å². The summed E-state index contributed by atoms with van der Waals surface area (Å²) in [6.45, 7) is 3.48. The van der Waals surface area contributed by atoms with Crippen LogP contribution < -0.4 is 5.32 Å². The third-order valence-corrected chi connectivity index (χ3v) is 3.48. The largest absolute Gasteiger partial charge is 0.372 e. The van der Waals surface area contributed by atoms with Crippen LogP contribution in [0.2, 0.25) is 0 Å². The van der Waals surface area contributed by atoms with Gasteiger partial charge in [0.1, 0.15) is 22.7 Å². The first-order chi connectivity index (χ1) is 9.98. The third kappa shape index (κ3) is 3.11. The molecule has 5 nitrogen and oxygen atoms in total. The van der Waals surface area contributed by atoms with E-state index >= 15 is 0 Å². The van der Waals surface area contributed by atoms with Crippen molar-refractivity contribution < 1.29 is 18.4 Å². The molecular formula is C15H17FN2O3. The summed E-state index contributed by atoms with van der Waals surface area (Å²) in [5.74, 6) is -0.289. The van der Waals surface area contributed by atoms with E-state index in [4.69, 9.17) is 9.26 Å². The Morgan fingerprint density at radius 1 is 1.48 bits per heavy atom. The molecule has 1 aromatic carbocycles. The molecule has 0 fully saturated rings. The van der Waals surface area contributed by atoms with Gasteiger partial charge in [-0.25, -0.2) is 4.39 Å². The molecule has 0 saturated carbocycles. The van der Waals surface area contributed by atoms with Crippen molar-refractivity contribution >= 4 is 5.91 Å². The number of nitrogens with zero attached hydrogens (tertiary/aromatic N) is 1. The van der Waals surface area contributed by atoms with Crippen molar-refractivity contribution in [2.75, 3.05) is 13.7 Å². The Balaban J connectivity index is 2.14. The minimum atomic E-state index is -0.966. The number of benzene rings is 1. The Kier molecular flexibility index (Phi) is 4.37. The molecule has 0 aliphatic heterocycles. The van der Waals surface area contributed by atoms with Gasteiger partial charge in [0, 0.05) is 12.7 Å². The van der Waals surface area contributed by atoms with E-state index in [2.05, 4.69) is 10.5 Å². The predicted molar refractivity (Wildman–Crippen MR) is 74.3 cm³/mol. The summed E-state index contributed by atoms with van der Waals surface area (Å²) >= 11 is 0. The summed E-state index contributed by atoms with van der Waals surface area (Å²) in [5.41, 5.74) is -0.233. The molecule has 0 spiro atoms. The van der Waals surface area contributed by atoms with Gasteiger partial charge in [0.05, 0.1) is 12.7 Å². The molecule has 2 rings (SSSR count). The summed E-state index contributed by atoms with van der Waals surface area (Å²) in [4.78, 5) is 12.0. The summed E-state index contributed by atoms with van der Waals surface area (Å²) in [7, 11) is 1.48. The van der Waals surface area contributed by atoms with E-state index in [-0.39, 0.29) is 18.3 Å². The molecule has 2 aromatic rings. The summed E-state index contributed by atoms with van der Waals surface area (Å²) in [6.07, 6.45) is 1.35. The van der Waals surface area contributed by atoms with E-state index in [9.17, 15) is 9.18 Å². The average molecular weight is 292 g/mol. The molecule has 0 aliphatic rings. The second-order valence-electron chi connectivity index (χ2n) is 4.89. The number of carbonyl (C=O) groups excluding carboxylic acids is 1. The van der Waals surface area contributed by atoms with Gasteiger partial charge in [-0.2, -0.15) is 0 Å². The van der Waals surface area contributed by atoms with Gasteiger partial charge in [-0.3, -0.25) is 4.79 Å². The van der Waals surface area contributed by atoms with Crippen molar-refractivity contribution in [1.82, 2.24) is 10.5 Å². The molecule has 0 bridgehead atoms. The van der Waals surface area contributed by atoms with E-state index in [1.807, 2.05) is 0 Å². The van der Waals surface area contributed by atoms with Gasteiger partial charge in [-0.05, 0) is 19.9 Å². The lowest BCUT2D eigenvalue weighted by Gasteiger charge is -2.29. The van der Waals surface area contributed by atoms with Gasteiger partial charge >= 0.3 is 0 Å². The number of hydrogen-bond acceptors (Lipinski definition) is 4. The number of rotatable bonds is 5. The second kappa shape index (κ2) is 6.05. The molecule has 0 saturated heterocycles. The van der Waals surface area contributed by atoms with Crippen LogP contribution in [-0.4, -0.2) is 24.7 Å². The van der Waals surface area contributed by atoms with E-state index < -0.39 is 5.60 Å². The van der Waals surface area contributed by atoms with Crippen LogP contribution in [-0.2, 0) is 10.3 Å². The fraction of sp³-hybridized carbons (Fsp3) is 0.333. The number of aryl methyl sites for hydroxylation is 1. The fourth-order valence-electron chi connectivity index (χ4n) is 2.03. The number of hydrogen-bond donors (Lipinski definition) is 1. The van der Waals surface area contributed by atoms with Crippen LogP contribution in [0, 0.1) is 12.7 Å². The van der Waals surface area contributed by atoms with Crippen LogP contribution in [0.5, 0.6) is 0 Å². The second-order valence-corrected chi connectivity index (χ2v) is 4.89. The first kappa shape index (κ1) is 15.2. The molecule has 1 unspecified atom stereocenters. The predicted octanol–water partition coefficient (Wildman–Crippen LogP) is 2.41. The molecule has 6 heteroatoms. The third-order valence-electron chi connectivity index (χ3n) is 3.48. The van der Waals surface area contributed by atoms with Crippen LogP contribution in [0.1, 0.15) is 28.6 Å². The van der Waals surface area contributed by atoms with Crippen LogP contribution in [0.4, 0.5) is 4.39 Å². The van der Waals surface area contributed by atoms with Gasteiger partial charge < -0.3 is 14.6 Å². The summed E-state index contributed by atoms with van der Waals surface area (Å²) in [5, 5.41) is 6.27. The minimum Gasteiger partial charge on any atom is -0.372 e. The molecule has 0 radical (unpaired) electrons. The highest BCUT2D eigenvalue weighted by Crippen LogP contribution is 2.26. The number of nitrogens with one attached hydrogen (secondary N) is 1. The monoisotopic (exact) mass is 292 g/mol. The van der Waals surface area contributed by atoms with E-state index in [0.29, 0.717) is 16.9 Å². The molecule has 0 aliphatic carbocycles. The maximum atomic E-state index is 13.9. The lowest BCUT2D eigenvalue weighted by atomic mass is 9.95. The van der Waals surface area contributed by atoms with E-state index in [1.165, 1.54) is 19.4 Å². The Bertz CT molecular complexity index is 641. The molecule has 1 atom stereocenters. The highest BCUT2D eigenvalue weighted by atomic mass is 19.1. The molecule has 1 N–H and O–H groups in total. The zero-order chi connectivity index (χ0) is 15.5. The van der Waals surface area contributed by atoms with E-state index in [0.717, 1.165) is 0 Å². The maximum absolute atomic E-state index is 13.9. The quantitative estimate of drug-likeness (QED) is 0.919.